The second kappa shape index (κ2) is 17.1. The van der Waals surface area contributed by atoms with Gasteiger partial charge in [0.2, 0.25) is 16.0 Å². The van der Waals surface area contributed by atoms with Gasteiger partial charge in [0, 0.05) is 24.0 Å². The number of rotatable bonds is 15. The third kappa shape index (κ3) is 11.4. The quantitative estimate of drug-likeness (QED) is 0.0426. The molecule has 54 heavy (non-hydrogen) atoms. The van der Waals surface area contributed by atoms with E-state index in [1.54, 1.807) is 53.7 Å². The van der Waals surface area contributed by atoms with Crippen LogP contribution in [-0.2, 0) is 29.0 Å². The van der Waals surface area contributed by atoms with Crippen LogP contribution in [0.5, 0.6) is 0 Å². The van der Waals surface area contributed by atoms with Gasteiger partial charge in [-0.15, -0.1) is 0 Å². The van der Waals surface area contributed by atoms with E-state index in [2.05, 4.69) is 40.3 Å². The molecular formula is C33H49N11O9S. The summed E-state index contributed by atoms with van der Waals surface area (Å²) >= 11 is 0. The number of hydrogen-bond acceptors (Lipinski definition) is 15. The Kier molecular flexibility index (Phi) is 13.3. The summed E-state index contributed by atoms with van der Waals surface area (Å²) in [5.41, 5.74) is 15.1. The minimum absolute atomic E-state index is 0.0203. The number of azide groups is 1. The Bertz CT molecular complexity index is 1940. The van der Waals surface area contributed by atoms with Crippen molar-refractivity contribution in [2.45, 2.75) is 120 Å². The maximum atomic E-state index is 13.2. The summed E-state index contributed by atoms with van der Waals surface area (Å²) in [5, 5.41) is 31.5. The van der Waals surface area contributed by atoms with Crippen molar-refractivity contribution >= 4 is 45.0 Å². The van der Waals surface area contributed by atoms with E-state index in [-0.39, 0.29) is 60.2 Å². The predicted molar refractivity (Wildman–Crippen MR) is 196 cm³/mol. The number of aliphatic hydroxyl groups excluding tert-OH is 2. The number of nitrogens with two attached hydrogens (primary N) is 1. The molecule has 20 nitrogen and oxygen atoms in total. The molecule has 7 N–H and O–H groups in total. The lowest BCUT2D eigenvalue weighted by atomic mass is 9.98. The second-order valence-electron chi connectivity index (χ2n) is 14.9. The highest BCUT2D eigenvalue weighted by molar-refractivity contribution is 7.89. The van der Waals surface area contributed by atoms with E-state index in [0.717, 1.165) is 5.56 Å². The number of esters is 1. The first-order valence-corrected chi connectivity index (χ1v) is 18.7. The highest BCUT2D eigenvalue weighted by atomic mass is 32.2. The molecule has 1 saturated heterocycles. The van der Waals surface area contributed by atoms with Crippen molar-refractivity contribution in [1.82, 2.24) is 29.6 Å². The number of carbonyl (C=O) groups is 2. The van der Waals surface area contributed by atoms with Crippen LogP contribution in [0.4, 0.5) is 16.6 Å². The summed E-state index contributed by atoms with van der Waals surface area (Å²) in [6.07, 6.45) is -4.74. The molecule has 6 atom stereocenters. The Balaban J connectivity index is 1.46. The van der Waals surface area contributed by atoms with E-state index < -0.39 is 69.9 Å². The topological polar surface area (TPSA) is 291 Å². The highest BCUT2D eigenvalue weighted by Crippen LogP contribution is 2.35. The number of alkyl carbamates (subject to hydrolysis) is 1. The number of aryl methyl sites for hydroxylation is 1. The number of carbonyl (C=O) groups excluding carboxylic acids is 2. The number of nitrogens with one attached hydrogen (secondary N) is 3. The summed E-state index contributed by atoms with van der Waals surface area (Å²) in [6.45, 7) is 12.4. The third-order valence-corrected chi connectivity index (χ3v) is 9.45. The van der Waals surface area contributed by atoms with Crippen molar-refractivity contribution in [1.29, 1.82) is 0 Å². The first-order valence-electron chi connectivity index (χ1n) is 17.3. The maximum Gasteiger partial charge on any atom is 0.407 e. The van der Waals surface area contributed by atoms with Gasteiger partial charge in [-0.1, -0.05) is 22.8 Å². The largest absolute Gasteiger partial charge is 0.459 e. The number of amides is 1. The van der Waals surface area contributed by atoms with Crippen LogP contribution in [0.1, 0.15) is 72.6 Å². The number of aliphatic hydroxyl groups is 2. The smallest absolute Gasteiger partial charge is 0.407 e. The number of nitrogen functional groups attached to an aromatic ring is 1. The van der Waals surface area contributed by atoms with E-state index >= 15 is 0 Å². The van der Waals surface area contributed by atoms with Crippen LogP contribution in [0, 0.1) is 6.92 Å². The SMILES string of the molecule is Cc1ccc(S(=O)(=O)NC(CCC(C[C@H]2O[C@@H](n3cnc4c(N)nc(NCCNC(=O)OC(C)(C)C)nc43)[C@H](O)[C@H]2O)N=[N+]=[N-])C(=O)OC(C)(C)C)cc1. The number of aromatic nitrogens is 4. The van der Waals surface area contributed by atoms with Gasteiger partial charge in [-0.3, -0.25) is 9.36 Å². The normalized spacial score (nSPS) is 20.2. The molecule has 2 unspecified atom stereocenters. The van der Waals surface area contributed by atoms with Crippen molar-refractivity contribution in [3.8, 4) is 0 Å². The fourth-order valence-corrected chi connectivity index (χ4v) is 6.72. The number of sulfonamides is 1. The Morgan fingerprint density at radius 1 is 1.06 bits per heavy atom. The predicted octanol–water partition coefficient (Wildman–Crippen LogP) is 2.81. The van der Waals surface area contributed by atoms with Gasteiger partial charge in [-0.05, 0) is 85.4 Å². The zero-order valence-electron chi connectivity index (χ0n) is 31.3. The Labute approximate surface area is 312 Å². The van der Waals surface area contributed by atoms with E-state index in [1.165, 1.54) is 23.0 Å². The molecule has 0 radical (unpaired) electrons. The van der Waals surface area contributed by atoms with Crippen molar-refractivity contribution in [2.75, 3.05) is 24.1 Å². The molecular weight excluding hydrogens is 726 g/mol. The van der Waals surface area contributed by atoms with E-state index in [0.29, 0.717) is 0 Å². The number of benzene rings is 1. The van der Waals surface area contributed by atoms with Crippen LogP contribution in [0.2, 0.25) is 0 Å². The van der Waals surface area contributed by atoms with Gasteiger partial charge in [0.1, 0.15) is 35.0 Å². The lowest BCUT2D eigenvalue weighted by Crippen LogP contribution is -2.44. The Hall–Kier alpha value is -4.79. The molecule has 3 aromatic rings. The van der Waals surface area contributed by atoms with E-state index in [1.807, 2.05) is 6.92 Å². The Morgan fingerprint density at radius 2 is 1.72 bits per heavy atom. The van der Waals surface area contributed by atoms with E-state index in [9.17, 15) is 33.8 Å². The van der Waals surface area contributed by atoms with Crippen LogP contribution >= 0.6 is 0 Å². The molecule has 0 aliphatic carbocycles. The minimum atomic E-state index is -4.15. The summed E-state index contributed by atoms with van der Waals surface area (Å²) < 4.78 is 47.1. The van der Waals surface area contributed by atoms with Gasteiger partial charge in [0.25, 0.3) is 0 Å². The summed E-state index contributed by atoms with van der Waals surface area (Å²) in [7, 11) is -4.15. The van der Waals surface area contributed by atoms with Crippen LogP contribution in [-0.4, -0.2) is 105 Å². The van der Waals surface area contributed by atoms with Gasteiger partial charge < -0.3 is 40.8 Å². The number of fused-ring (bicyclic) bond motifs is 1. The molecule has 1 amide bonds. The molecule has 1 fully saturated rings. The first-order chi connectivity index (χ1) is 25.2. The molecule has 1 aromatic carbocycles. The second-order valence-corrected chi connectivity index (χ2v) is 16.6. The van der Waals surface area contributed by atoms with Crippen molar-refractivity contribution in [2.24, 2.45) is 5.11 Å². The maximum absolute atomic E-state index is 13.2. The fraction of sp³-hybridized carbons (Fsp3) is 0.606. The van der Waals surface area contributed by atoms with Crippen LogP contribution < -0.4 is 21.1 Å². The number of imidazole rings is 1. The molecule has 0 bridgehead atoms. The molecule has 1 aliphatic heterocycles. The zero-order chi connectivity index (χ0) is 40.0. The molecule has 0 spiro atoms. The van der Waals surface area contributed by atoms with Crippen LogP contribution in [0.15, 0.2) is 40.6 Å². The Morgan fingerprint density at radius 3 is 2.35 bits per heavy atom. The monoisotopic (exact) mass is 775 g/mol. The van der Waals surface area contributed by atoms with Gasteiger partial charge >= 0.3 is 12.1 Å². The number of anilines is 2. The average Bonchev–Trinajstić information content (AvgIpc) is 3.60. The lowest BCUT2D eigenvalue weighted by Gasteiger charge is -2.26. The minimum Gasteiger partial charge on any atom is -0.459 e. The molecule has 1 aliphatic rings. The standard InChI is InChI=1S/C33H49N11O9S/c1-18-8-11-20(12-9-18)54(49,50)42-21(29(47)52-32(2,3)4)13-10-19(41-43-35)16-22-24(45)25(46)28(51-22)44-17-38-23-26(34)39-30(40-27(23)44)36-14-15-37-31(48)53-33(5,6)7/h8-9,11-12,17,19,21-22,24-25,28,42,45-46H,10,13-16H2,1-7H3,(H,37,48)(H3,34,36,39,40)/t19?,21?,22-,24+,25-,28-/m1/s1. The van der Waals surface area contributed by atoms with Gasteiger partial charge in [-0.25, -0.2) is 18.2 Å². The summed E-state index contributed by atoms with van der Waals surface area (Å²) in [5.74, 6) is -0.711. The summed E-state index contributed by atoms with van der Waals surface area (Å²) in [6, 6.07) is 3.84. The van der Waals surface area contributed by atoms with Gasteiger partial charge in [0.05, 0.1) is 17.3 Å². The number of ether oxygens (including phenoxy) is 3. The van der Waals surface area contributed by atoms with Gasteiger partial charge in [-0.2, -0.15) is 14.7 Å². The van der Waals surface area contributed by atoms with Crippen molar-refractivity contribution in [3.05, 3.63) is 46.6 Å². The lowest BCUT2D eigenvalue weighted by molar-refractivity contribution is -0.157. The van der Waals surface area contributed by atoms with Crippen molar-refractivity contribution in [3.63, 3.8) is 0 Å². The van der Waals surface area contributed by atoms with Crippen LogP contribution in [0.3, 0.4) is 0 Å². The molecule has 2 aromatic heterocycles. The number of hydrogen-bond donors (Lipinski definition) is 6. The third-order valence-electron chi connectivity index (χ3n) is 7.96. The fourth-order valence-electron chi connectivity index (χ4n) is 5.50. The summed E-state index contributed by atoms with van der Waals surface area (Å²) in [4.78, 5) is 40.9. The highest BCUT2D eigenvalue weighted by Gasteiger charge is 2.45. The molecule has 3 heterocycles. The van der Waals surface area contributed by atoms with E-state index in [4.69, 9.17) is 19.9 Å². The van der Waals surface area contributed by atoms with Gasteiger partial charge in [0.15, 0.2) is 17.7 Å². The molecule has 21 heteroatoms. The number of nitrogens with zero attached hydrogens (tertiary/aromatic N) is 7. The average molecular weight is 776 g/mol. The molecule has 0 saturated carbocycles. The van der Waals surface area contributed by atoms with Crippen LogP contribution in [0.25, 0.3) is 21.6 Å². The molecule has 296 valence electrons. The zero-order valence-corrected chi connectivity index (χ0v) is 32.1. The first kappa shape index (κ1) is 42.0. The molecule has 4 rings (SSSR count). The van der Waals surface area contributed by atoms with Crippen molar-refractivity contribution < 1.29 is 42.4 Å².